The van der Waals surface area contributed by atoms with Crippen molar-refractivity contribution in [1.82, 2.24) is 5.32 Å². The summed E-state index contributed by atoms with van der Waals surface area (Å²) in [6.07, 6.45) is 0. The van der Waals surface area contributed by atoms with Crippen LogP contribution < -0.4 is 10.1 Å². The normalized spacial score (nSPS) is 11.4. The summed E-state index contributed by atoms with van der Waals surface area (Å²) in [5.41, 5.74) is 1.35. The fourth-order valence-electron chi connectivity index (χ4n) is 1.70. The van der Waals surface area contributed by atoms with Crippen molar-refractivity contribution in [1.29, 1.82) is 0 Å². The Morgan fingerprint density at radius 1 is 1.00 bits per heavy atom. The summed E-state index contributed by atoms with van der Waals surface area (Å²) in [5, 5.41) is 4.07. The predicted molar refractivity (Wildman–Crippen MR) is 84.6 cm³/mol. The molecule has 0 fully saturated rings. The van der Waals surface area contributed by atoms with E-state index in [2.05, 4.69) is 38.2 Å². The lowest BCUT2D eigenvalue weighted by Crippen LogP contribution is -2.34. The Kier molecular flexibility index (Phi) is 4.69. The van der Waals surface area contributed by atoms with Crippen LogP contribution >= 0.6 is 11.6 Å². The second kappa shape index (κ2) is 6.29. The summed E-state index contributed by atoms with van der Waals surface area (Å²) in [6.45, 7) is 7.31. The van der Waals surface area contributed by atoms with Crippen molar-refractivity contribution in [3.8, 4) is 11.5 Å². The summed E-state index contributed by atoms with van der Waals surface area (Å²) in [6, 6.07) is 15.5. The molecule has 2 rings (SSSR count). The van der Waals surface area contributed by atoms with Crippen LogP contribution in [-0.2, 0) is 6.54 Å². The molecule has 0 aliphatic rings. The van der Waals surface area contributed by atoms with E-state index in [0.717, 1.165) is 12.3 Å². The Balaban J connectivity index is 2.00. The third-order valence-electron chi connectivity index (χ3n) is 2.81. The van der Waals surface area contributed by atoms with Crippen LogP contribution in [0.5, 0.6) is 11.5 Å². The first-order valence-electron chi connectivity index (χ1n) is 6.70. The first kappa shape index (κ1) is 14.9. The Morgan fingerprint density at radius 2 is 1.65 bits per heavy atom. The van der Waals surface area contributed by atoms with Crippen molar-refractivity contribution in [3.05, 3.63) is 59.1 Å². The minimum absolute atomic E-state index is 0.118. The smallest absolute Gasteiger partial charge is 0.146 e. The predicted octanol–water partition coefficient (Wildman–Crippen LogP) is 5.02. The van der Waals surface area contributed by atoms with Crippen molar-refractivity contribution < 1.29 is 4.74 Å². The summed E-state index contributed by atoms with van der Waals surface area (Å²) >= 11 is 6.07. The van der Waals surface area contributed by atoms with Gasteiger partial charge in [0.05, 0.1) is 5.02 Å². The van der Waals surface area contributed by atoms with Crippen LogP contribution in [0.15, 0.2) is 48.5 Å². The number of benzene rings is 2. The maximum Gasteiger partial charge on any atom is 0.146 e. The fourth-order valence-corrected chi connectivity index (χ4v) is 1.87. The van der Waals surface area contributed by atoms with E-state index < -0.39 is 0 Å². The van der Waals surface area contributed by atoms with E-state index in [1.807, 2.05) is 36.4 Å². The fraction of sp³-hybridized carbons (Fsp3) is 0.294. The Hall–Kier alpha value is -1.51. The zero-order chi connectivity index (χ0) is 14.6. The van der Waals surface area contributed by atoms with Crippen LogP contribution in [0.2, 0.25) is 5.02 Å². The molecule has 0 aliphatic carbocycles. The van der Waals surface area contributed by atoms with Crippen LogP contribution in [0.25, 0.3) is 0 Å². The van der Waals surface area contributed by atoms with Crippen LogP contribution in [-0.4, -0.2) is 5.54 Å². The summed E-state index contributed by atoms with van der Waals surface area (Å²) in [4.78, 5) is 0. The molecule has 0 amide bonds. The lowest BCUT2D eigenvalue weighted by molar-refractivity contribution is 0.424. The van der Waals surface area contributed by atoms with E-state index in [4.69, 9.17) is 16.3 Å². The number of para-hydroxylation sites is 1. The van der Waals surface area contributed by atoms with Gasteiger partial charge in [0.1, 0.15) is 11.5 Å². The van der Waals surface area contributed by atoms with Gasteiger partial charge < -0.3 is 10.1 Å². The summed E-state index contributed by atoms with van der Waals surface area (Å²) in [7, 11) is 0. The molecular weight excluding hydrogens is 270 g/mol. The standard InChI is InChI=1S/C17H20ClNO/c1-17(2,3)19-12-13-8-10-14(11-9-13)20-16-7-5-4-6-15(16)18/h4-11,19H,12H2,1-3H3. The van der Waals surface area contributed by atoms with E-state index >= 15 is 0 Å². The molecule has 0 heterocycles. The van der Waals surface area contributed by atoms with E-state index in [-0.39, 0.29) is 5.54 Å². The molecule has 0 aromatic heterocycles. The SMILES string of the molecule is CC(C)(C)NCc1ccc(Oc2ccccc2Cl)cc1. The molecule has 0 radical (unpaired) electrons. The minimum Gasteiger partial charge on any atom is -0.456 e. The topological polar surface area (TPSA) is 21.3 Å². The largest absolute Gasteiger partial charge is 0.456 e. The van der Waals surface area contributed by atoms with E-state index in [1.165, 1.54) is 5.56 Å². The van der Waals surface area contributed by atoms with E-state index in [0.29, 0.717) is 10.8 Å². The first-order valence-corrected chi connectivity index (χ1v) is 7.08. The molecule has 0 aliphatic heterocycles. The maximum atomic E-state index is 6.07. The average molecular weight is 290 g/mol. The molecule has 2 nitrogen and oxygen atoms in total. The highest BCUT2D eigenvalue weighted by Gasteiger charge is 2.08. The average Bonchev–Trinajstić information content (AvgIpc) is 2.40. The molecule has 1 N–H and O–H groups in total. The maximum absolute atomic E-state index is 6.07. The van der Waals surface area contributed by atoms with Crippen LogP contribution in [0, 0.1) is 0 Å². The number of halogens is 1. The summed E-state index contributed by atoms with van der Waals surface area (Å²) < 4.78 is 5.76. The van der Waals surface area contributed by atoms with Crippen LogP contribution in [0.1, 0.15) is 26.3 Å². The van der Waals surface area contributed by atoms with Gasteiger partial charge in [-0.25, -0.2) is 0 Å². The quantitative estimate of drug-likeness (QED) is 0.853. The molecule has 0 spiro atoms. The van der Waals surface area contributed by atoms with Crippen LogP contribution in [0.3, 0.4) is 0 Å². The highest BCUT2D eigenvalue weighted by Crippen LogP contribution is 2.28. The molecule has 20 heavy (non-hydrogen) atoms. The number of hydrogen-bond acceptors (Lipinski definition) is 2. The summed E-state index contributed by atoms with van der Waals surface area (Å²) in [5.74, 6) is 1.47. The zero-order valence-electron chi connectivity index (χ0n) is 12.1. The lowest BCUT2D eigenvalue weighted by atomic mass is 10.1. The van der Waals surface area contributed by atoms with Gasteiger partial charge in [-0.2, -0.15) is 0 Å². The first-order chi connectivity index (χ1) is 9.44. The number of nitrogens with one attached hydrogen (secondary N) is 1. The third kappa shape index (κ3) is 4.55. The molecule has 0 unspecified atom stereocenters. The Morgan fingerprint density at radius 3 is 2.25 bits per heavy atom. The van der Waals surface area contributed by atoms with Crippen LogP contribution in [0.4, 0.5) is 0 Å². The van der Waals surface area contributed by atoms with Gasteiger partial charge in [-0.15, -0.1) is 0 Å². The molecule has 2 aromatic carbocycles. The van der Waals surface area contributed by atoms with Crippen molar-refractivity contribution in [3.63, 3.8) is 0 Å². The molecule has 0 saturated carbocycles. The molecule has 0 saturated heterocycles. The third-order valence-corrected chi connectivity index (χ3v) is 3.12. The minimum atomic E-state index is 0.118. The van der Waals surface area contributed by atoms with Crippen molar-refractivity contribution in [2.45, 2.75) is 32.9 Å². The highest BCUT2D eigenvalue weighted by molar-refractivity contribution is 6.32. The molecule has 2 aromatic rings. The van der Waals surface area contributed by atoms with Crippen molar-refractivity contribution in [2.75, 3.05) is 0 Å². The molecular formula is C17H20ClNO. The second-order valence-electron chi connectivity index (χ2n) is 5.78. The Bertz CT molecular complexity index is 558. The van der Waals surface area contributed by atoms with Gasteiger partial charge >= 0.3 is 0 Å². The lowest BCUT2D eigenvalue weighted by Gasteiger charge is -2.20. The molecule has 0 bridgehead atoms. The number of hydrogen-bond donors (Lipinski definition) is 1. The van der Waals surface area contributed by atoms with Crippen molar-refractivity contribution >= 4 is 11.6 Å². The monoisotopic (exact) mass is 289 g/mol. The molecule has 0 atom stereocenters. The Labute approximate surface area is 125 Å². The number of ether oxygens (including phenoxy) is 1. The van der Waals surface area contributed by atoms with E-state index in [1.54, 1.807) is 0 Å². The van der Waals surface area contributed by atoms with Crippen molar-refractivity contribution in [2.24, 2.45) is 0 Å². The van der Waals surface area contributed by atoms with Gasteiger partial charge in [-0.1, -0.05) is 35.9 Å². The van der Waals surface area contributed by atoms with Gasteiger partial charge in [-0.3, -0.25) is 0 Å². The second-order valence-corrected chi connectivity index (χ2v) is 6.19. The van der Waals surface area contributed by atoms with Gasteiger partial charge in [0, 0.05) is 12.1 Å². The zero-order valence-corrected chi connectivity index (χ0v) is 12.9. The van der Waals surface area contributed by atoms with Gasteiger partial charge in [-0.05, 0) is 50.6 Å². The van der Waals surface area contributed by atoms with Gasteiger partial charge in [0.15, 0.2) is 0 Å². The molecule has 106 valence electrons. The number of rotatable bonds is 4. The van der Waals surface area contributed by atoms with E-state index in [9.17, 15) is 0 Å². The highest BCUT2D eigenvalue weighted by atomic mass is 35.5. The van der Waals surface area contributed by atoms with Gasteiger partial charge in [0.25, 0.3) is 0 Å². The van der Waals surface area contributed by atoms with Gasteiger partial charge in [0.2, 0.25) is 0 Å². The molecule has 3 heteroatoms.